The Balaban J connectivity index is 1.52. The summed E-state index contributed by atoms with van der Waals surface area (Å²) in [7, 11) is 1.66. The topological polar surface area (TPSA) is 71.8 Å². The Kier molecular flexibility index (Phi) is 4.98. The molecule has 142 valence electrons. The second kappa shape index (κ2) is 7.56. The fraction of sp³-hybridized carbons (Fsp3) is 0.421. The lowest BCUT2D eigenvalue weighted by Crippen LogP contribution is -2.43. The molecule has 0 spiro atoms. The quantitative estimate of drug-likeness (QED) is 0.731. The molecule has 27 heavy (non-hydrogen) atoms. The third kappa shape index (κ3) is 3.62. The number of methoxy groups -OCH3 is 1. The monoisotopic (exact) mass is 385 g/mol. The van der Waals surface area contributed by atoms with Gasteiger partial charge in [0.2, 0.25) is 16.0 Å². The van der Waals surface area contributed by atoms with Gasteiger partial charge in [-0.1, -0.05) is 11.3 Å². The Labute approximate surface area is 162 Å². The van der Waals surface area contributed by atoms with Crippen molar-refractivity contribution in [2.45, 2.75) is 19.8 Å². The number of anilines is 1. The summed E-state index contributed by atoms with van der Waals surface area (Å²) in [5, 5.41) is 8.56. The molecule has 1 saturated heterocycles. The molecule has 1 aromatic carbocycles. The van der Waals surface area contributed by atoms with Crippen LogP contribution in [0.1, 0.15) is 19.8 Å². The first-order valence-corrected chi connectivity index (χ1v) is 10.0. The van der Waals surface area contributed by atoms with Gasteiger partial charge >= 0.3 is 0 Å². The number of fused-ring (bicyclic) bond motifs is 1. The second-order valence-corrected chi connectivity index (χ2v) is 7.58. The van der Waals surface area contributed by atoms with E-state index in [4.69, 9.17) is 14.8 Å². The van der Waals surface area contributed by atoms with E-state index < -0.39 is 0 Å². The molecule has 0 radical (unpaired) electrons. The summed E-state index contributed by atoms with van der Waals surface area (Å²) in [5.41, 5.74) is 1.92. The van der Waals surface area contributed by atoms with Crippen LogP contribution in [0.25, 0.3) is 16.2 Å². The first kappa shape index (κ1) is 17.8. The van der Waals surface area contributed by atoms with Crippen molar-refractivity contribution in [1.29, 1.82) is 0 Å². The molecule has 1 aliphatic heterocycles. The van der Waals surface area contributed by atoms with E-state index in [1.165, 1.54) is 0 Å². The van der Waals surface area contributed by atoms with Gasteiger partial charge in [0.25, 0.3) is 0 Å². The molecule has 1 amide bonds. The van der Waals surface area contributed by atoms with E-state index in [1.807, 2.05) is 41.9 Å². The Morgan fingerprint density at radius 2 is 2.19 bits per heavy atom. The summed E-state index contributed by atoms with van der Waals surface area (Å²) in [4.78, 5) is 19.9. The van der Waals surface area contributed by atoms with Gasteiger partial charge in [-0.15, -0.1) is 5.10 Å². The number of rotatable bonds is 5. The van der Waals surface area contributed by atoms with Crippen LogP contribution < -0.4 is 15.0 Å². The minimum atomic E-state index is 0.0322. The highest BCUT2D eigenvalue weighted by Gasteiger charge is 2.27. The number of piperidine rings is 1. The van der Waals surface area contributed by atoms with Gasteiger partial charge in [-0.2, -0.15) is 0 Å². The molecule has 0 aliphatic carbocycles. The number of ether oxygens (including phenoxy) is 1. The van der Waals surface area contributed by atoms with Gasteiger partial charge in [0.05, 0.1) is 24.9 Å². The zero-order chi connectivity index (χ0) is 18.8. The summed E-state index contributed by atoms with van der Waals surface area (Å²) in [6, 6.07) is 7.84. The van der Waals surface area contributed by atoms with Crippen LogP contribution in [0.5, 0.6) is 5.75 Å². The molecule has 3 heterocycles. The molecule has 4 rings (SSSR count). The maximum absolute atomic E-state index is 12.2. The molecular weight excluding hydrogens is 362 g/mol. The lowest BCUT2D eigenvalue weighted by atomic mass is 9.97. The molecule has 0 unspecified atom stereocenters. The average Bonchev–Trinajstić information content (AvgIpc) is 3.28. The van der Waals surface area contributed by atoms with Gasteiger partial charge in [-0.05, 0) is 44.0 Å². The maximum atomic E-state index is 12.2. The number of nitrogens with zero attached hydrogens (tertiary/aromatic N) is 4. The van der Waals surface area contributed by atoms with E-state index in [0.717, 1.165) is 46.5 Å². The van der Waals surface area contributed by atoms with E-state index in [-0.39, 0.29) is 11.8 Å². The van der Waals surface area contributed by atoms with Gasteiger partial charge in [0.1, 0.15) is 5.75 Å². The maximum Gasteiger partial charge on any atom is 0.224 e. The number of benzene rings is 1. The Morgan fingerprint density at radius 3 is 2.89 bits per heavy atom. The minimum Gasteiger partial charge on any atom is -0.497 e. The van der Waals surface area contributed by atoms with Crippen LogP contribution in [-0.2, 0) is 4.79 Å². The first-order chi connectivity index (χ1) is 13.2. The summed E-state index contributed by atoms with van der Waals surface area (Å²) in [6.07, 6.45) is 3.88. The van der Waals surface area contributed by atoms with Crippen molar-refractivity contribution in [3.8, 4) is 17.0 Å². The fourth-order valence-electron chi connectivity index (χ4n) is 3.40. The zero-order valence-electron chi connectivity index (χ0n) is 15.5. The van der Waals surface area contributed by atoms with Crippen LogP contribution in [0.3, 0.4) is 0 Å². The Morgan fingerprint density at radius 1 is 1.37 bits per heavy atom. The molecule has 0 bridgehead atoms. The van der Waals surface area contributed by atoms with Gasteiger partial charge < -0.3 is 15.0 Å². The molecule has 1 N–H and O–H groups in total. The molecule has 0 saturated carbocycles. The Hall–Kier alpha value is -2.61. The predicted octanol–water partition coefficient (Wildman–Crippen LogP) is 2.82. The van der Waals surface area contributed by atoms with Crippen molar-refractivity contribution in [2.75, 3.05) is 31.6 Å². The Bertz CT molecular complexity index is 902. The standard InChI is InChI=1S/C19H23N5O2S/c1-3-20-17(25)14-5-4-10-23(11-14)19-22-24-12-16(21-18(24)27-19)13-6-8-15(26-2)9-7-13/h6-9,12,14H,3-5,10-11H2,1-2H3,(H,20,25)/t14-/m0/s1. The van der Waals surface area contributed by atoms with Crippen molar-refractivity contribution in [3.63, 3.8) is 0 Å². The van der Waals surface area contributed by atoms with E-state index >= 15 is 0 Å². The van der Waals surface area contributed by atoms with Crippen molar-refractivity contribution < 1.29 is 9.53 Å². The lowest BCUT2D eigenvalue weighted by Gasteiger charge is -2.31. The number of imidazole rings is 1. The summed E-state index contributed by atoms with van der Waals surface area (Å²) in [6.45, 7) is 4.27. The molecule has 8 heteroatoms. The summed E-state index contributed by atoms with van der Waals surface area (Å²) in [5.74, 6) is 1.00. The van der Waals surface area contributed by atoms with Crippen molar-refractivity contribution in [1.82, 2.24) is 19.9 Å². The van der Waals surface area contributed by atoms with Crippen LogP contribution in [0, 0.1) is 5.92 Å². The number of amides is 1. The molecule has 1 fully saturated rings. The molecule has 1 aliphatic rings. The number of hydrogen-bond acceptors (Lipinski definition) is 6. The highest BCUT2D eigenvalue weighted by molar-refractivity contribution is 7.20. The number of nitrogens with one attached hydrogen (secondary N) is 1. The van der Waals surface area contributed by atoms with E-state index in [0.29, 0.717) is 13.1 Å². The van der Waals surface area contributed by atoms with Gasteiger partial charge in [-0.25, -0.2) is 9.50 Å². The van der Waals surface area contributed by atoms with Crippen molar-refractivity contribution >= 4 is 27.3 Å². The minimum absolute atomic E-state index is 0.0322. The summed E-state index contributed by atoms with van der Waals surface area (Å²) < 4.78 is 7.03. The number of carbonyl (C=O) groups excluding carboxylic acids is 1. The van der Waals surface area contributed by atoms with E-state index in [2.05, 4.69) is 10.2 Å². The third-order valence-corrected chi connectivity index (χ3v) is 5.82. The van der Waals surface area contributed by atoms with Crippen molar-refractivity contribution in [2.24, 2.45) is 5.92 Å². The van der Waals surface area contributed by atoms with Crippen LogP contribution in [0.2, 0.25) is 0 Å². The fourth-order valence-corrected chi connectivity index (χ4v) is 4.32. The molecule has 3 aromatic rings. The normalized spacial score (nSPS) is 17.3. The van der Waals surface area contributed by atoms with Crippen LogP contribution in [0.15, 0.2) is 30.5 Å². The van der Waals surface area contributed by atoms with Crippen LogP contribution in [-0.4, -0.2) is 47.2 Å². The highest BCUT2D eigenvalue weighted by Crippen LogP contribution is 2.30. The van der Waals surface area contributed by atoms with Gasteiger partial charge in [0, 0.05) is 25.2 Å². The number of aromatic nitrogens is 3. The van der Waals surface area contributed by atoms with Crippen molar-refractivity contribution in [3.05, 3.63) is 30.5 Å². The third-order valence-electron chi connectivity index (χ3n) is 4.83. The molecule has 7 nitrogen and oxygen atoms in total. The molecule has 2 aromatic heterocycles. The highest BCUT2D eigenvalue weighted by atomic mass is 32.1. The lowest BCUT2D eigenvalue weighted by molar-refractivity contribution is -0.125. The second-order valence-electron chi connectivity index (χ2n) is 6.65. The van der Waals surface area contributed by atoms with E-state index in [9.17, 15) is 4.79 Å². The SMILES string of the molecule is CCNC(=O)[C@H]1CCCN(c2nn3cc(-c4ccc(OC)cc4)nc3s2)C1. The van der Waals surface area contributed by atoms with Crippen LogP contribution in [0.4, 0.5) is 5.13 Å². The smallest absolute Gasteiger partial charge is 0.224 e. The van der Waals surface area contributed by atoms with Gasteiger partial charge in [0.15, 0.2) is 0 Å². The van der Waals surface area contributed by atoms with Crippen LogP contribution >= 0.6 is 11.3 Å². The zero-order valence-corrected chi connectivity index (χ0v) is 16.3. The predicted molar refractivity (Wildman–Crippen MR) is 106 cm³/mol. The average molecular weight is 385 g/mol. The number of carbonyl (C=O) groups is 1. The molecule has 1 atom stereocenters. The van der Waals surface area contributed by atoms with E-state index in [1.54, 1.807) is 18.4 Å². The first-order valence-electron chi connectivity index (χ1n) is 9.21. The largest absolute Gasteiger partial charge is 0.497 e. The summed E-state index contributed by atoms with van der Waals surface area (Å²) >= 11 is 1.56. The molecular formula is C19H23N5O2S. The number of hydrogen-bond donors (Lipinski definition) is 1. The van der Waals surface area contributed by atoms with Gasteiger partial charge in [-0.3, -0.25) is 4.79 Å².